The number of methoxy groups -OCH3 is 1. The van der Waals surface area contributed by atoms with Crippen molar-refractivity contribution in [2.45, 2.75) is 45.2 Å². The normalized spacial score (nSPS) is 12.6. The molecular weight excluding hydrogens is 324 g/mol. The number of nitrogens with one attached hydrogen (secondary N) is 2. The van der Waals surface area contributed by atoms with Gasteiger partial charge in [-0.3, -0.25) is 9.59 Å². The molecule has 0 saturated carbocycles. The average molecular weight is 348 g/mol. The SMILES string of the molecule is COC(=O)[C@@H](CCC(C)=O)NC(=O)[C@@H](Cc1ccccc1)NC(C)=O. The van der Waals surface area contributed by atoms with E-state index in [1.165, 1.54) is 21.0 Å². The van der Waals surface area contributed by atoms with Gasteiger partial charge in [0.25, 0.3) is 0 Å². The van der Waals surface area contributed by atoms with Crippen LogP contribution in [0.15, 0.2) is 30.3 Å². The minimum atomic E-state index is -0.937. The topological polar surface area (TPSA) is 102 Å². The first-order valence-electron chi connectivity index (χ1n) is 8.02. The van der Waals surface area contributed by atoms with Crippen molar-refractivity contribution in [2.24, 2.45) is 0 Å². The molecule has 1 aromatic carbocycles. The third-order valence-corrected chi connectivity index (χ3v) is 3.56. The van der Waals surface area contributed by atoms with Gasteiger partial charge in [-0.2, -0.15) is 0 Å². The number of benzene rings is 1. The fourth-order valence-electron chi connectivity index (χ4n) is 2.32. The second kappa shape index (κ2) is 10.2. The molecule has 1 rings (SSSR count). The predicted octanol–water partition coefficient (Wildman–Crippen LogP) is 0.761. The van der Waals surface area contributed by atoms with Crippen LogP contribution >= 0.6 is 0 Å². The lowest BCUT2D eigenvalue weighted by atomic mass is 10.0. The number of ether oxygens (including phenoxy) is 1. The molecule has 0 aliphatic carbocycles. The zero-order valence-electron chi connectivity index (χ0n) is 14.7. The molecule has 0 heterocycles. The summed E-state index contributed by atoms with van der Waals surface area (Å²) < 4.78 is 4.67. The van der Waals surface area contributed by atoms with Crippen molar-refractivity contribution in [3.63, 3.8) is 0 Å². The second-order valence-corrected chi connectivity index (χ2v) is 5.77. The van der Waals surface area contributed by atoms with E-state index < -0.39 is 24.0 Å². The Kier molecular flexibility index (Phi) is 8.32. The van der Waals surface area contributed by atoms with Gasteiger partial charge in [0, 0.05) is 19.8 Å². The summed E-state index contributed by atoms with van der Waals surface area (Å²) in [6.07, 6.45) is 0.572. The molecular formula is C18H24N2O5. The van der Waals surface area contributed by atoms with Crippen LogP contribution in [0.25, 0.3) is 0 Å². The third-order valence-electron chi connectivity index (χ3n) is 3.56. The Morgan fingerprint density at radius 3 is 2.16 bits per heavy atom. The molecule has 0 aliphatic heterocycles. The van der Waals surface area contributed by atoms with Gasteiger partial charge in [-0.25, -0.2) is 4.79 Å². The van der Waals surface area contributed by atoms with Crippen LogP contribution in [-0.4, -0.2) is 42.8 Å². The van der Waals surface area contributed by atoms with E-state index in [1.807, 2.05) is 30.3 Å². The lowest BCUT2D eigenvalue weighted by molar-refractivity contribution is -0.145. The summed E-state index contributed by atoms with van der Waals surface area (Å²) in [6, 6.07) is 7.44. The molecule has 2 N–H and O–H groups in total. The van der Waals surface area contributed by atoms with Crippen LogP contribution in [0.4, 0.5) is 0 Å². The maximum atomic E-state index is 12.5. The molecule has 0 aliphatic rings. The molecule has 0 saturated heterocycles. The number of carbonyl (C=O) groups excluding carboxylic acids is 4. The zero-order chi connectivity index (χ0) is 18.8. The first-order chi connectivity index (χ1) is 11.8. The standard InChI is InChI=1S/C18H24N2O5/c1-12(21)9-10-15(18(24)25-3)20-17(23)16(19-13(2)22)11-14-7-5-4-6-8-14/h4-8,15-16H,9-11H2,1-3H3,(H,19,22)(H,20,23)/t15-,16-/m1/s1. The first-order valence-corrected chi connectivity index (χ1v) is 8.02. The summed E-state index contributed by atoms with van der Waals surface area (Å²) in [6.45, 7) is 2.73. The molecule has 2 atom stereocenters. The van der Waals surface area contributed by atoms with Crippen molar-refractivity contribution < 1.29 is 23.9 Å². The van der Waals surface area contributed by atoms with Crippen LogP contribution in [0.2, 0.25) is 0 Å². The van der Waals surface area contributed by atoms with Crippen molar-refractivity contribution >= 4 is 23.6 Å². The Labute approximate surface area is 147 Å². The van der Waals surface area contributed by atoms with E-state index in [2.05, 4.69) is 15.4 Å². The highest BCUT2D eigenvalue weighted by molar-refractivity contribution is 5.90. The van der Waals surface area contributed by atoms with Gasteiger partial charge >= 0.3 is 5.97 Å². The molecule has 25 heavy (non-hydrogen) atoms. The molecule has 0 spiro atoms. The third kappa shape index (κ3) is 7.60. The number of carbonyl (C=O) groups is 4. The Morgan fingerprint density at radius 2 is 1.64 bits per heavy atom. The second-order valence-electron chi connectivity index (χ2n) is 5.77. The smallest absolute Gasteiger partial charge is 0.328 e. The molecule has 7 nitrogen and oxygen atoms in total. The summed E-state index contributed by atoms with van der Waals surface area (Å²) in [5, 5.41) is 5.15. The first kappa shape index (κ1) is 20.3. The fourth-order valence-corrected chi connectivity index (χ4v) is 2.32. The monoisotopic (exact) mass is 348 g/mol. The largest absolute Gasteiger partial charge is 0.467 e. The zero-order valence-corrected chi connectivity index (χ0v) is 14.7. The Hall–Kier alpha value is -2.70. The highest BCUT2D eigenvalue weighted by Gasteiger charge is 2.27. The van der Waals surface area contributed by atoms with Crippen molar-refractivity contribution in [1.29, 1.82) is 0 Å². The molecule has 1 aromatic rings. The summed E-state index contributed by atoms with van der Waals surface area (Å²) in [7, 11) is 1.21. The van der Waals surface area contributed by atoms with E-state index in [4.69, 9.17) is 0 Å². The number of Topliss-reactive ketones (excluding diaryl/α,β-unsaturated/α-hetero) is 1. The van der Waals surface area contributed by atoms with Crippen LogP contribution in [0, 0.1) is 0 Å². The summed E-state index contributed by atoms with van der Waals surface area (Å²) >= 11 is 0. The van der Waals surface area contributed by atoms with Gasteiger partial charge in [-0.05, 0) is 18.9 Å². The van der Waals surface area contributed by atoms with Gasteiger partial charge < -0.3 is 20.2 Å². The van der Waals surface area contributed by atoms with Gasteiger partial charge in [0.15, 0.2) is 0 Å². The Morgan fingerprint density at radius 1 is 1.00 bits per heavy atom. The molecule has 0 unspecified atom stereocenters. The molecule has 0 bridgehead atoms. The molecule has 0 aromatic heterocycles. The number of ketones is 1. The number of rotatable bonds is 9. The Bertz CT molecular complexity index is 615. The van der Waals surface area contributed by atoms with Crippen LogP contribution in [0.5, 0.6) is 0 Å². The van der Waals surface area contributed by atoms with E-state index in [1.54, 1.807) is 0 Å². The van der Waals surface area contributed by atoms with Gasteiger partial charge in [-0.1, -0.05) is 30.3 Å². The molecule has 0 fully saturated rings. The molecule has 0 radical (unpaired) electrons. The summed E-state index contributed by atoms with van der Waals surface area (Å²) in [5.41, 5.74) is 0.870. The van der Waals surface area contributed by atoms with Crippen LogP contribution in [-0.2, 0) is 30.3 Å². The highest BCUT2D eigenvalue weighted by atomic mass is 16.5. The van der Waals surface area contributed by atoms with Crippen molar-refractivity contribution in [3.8, 4) is 0 Å². The van der Waals surface area contributed by atoms with Crippen LogP contribution in [0.1, 0.15) is 32.3 Å². The maximum absolute atomic E-state index is 12.5. The van der Waals surface area contributed by atoms with Crippen LogP contribution < -0.4 is 10.6 Å². The van der Waals surface area contributed by atoms with Gasteiger partial charge in [0.05, 0.1) is 7.11 Å². The number of hydrogen-bond donors (Lipinski definition) is 2. The Balaban J connectivity index is 2.84. The fraction of sp³-hybridized carbons (Fsp3) is 0.444. The molecule has 7 heteroatoms. The van der Waals surface area contributed by atoms with Gasteiger partial charge in [0.2, 0.25) is 11.8 Å². The van der Waals surface area contributed by atoms with Gasteiger partial charge in [0.1, 0.15) is 17.9 Å². The van der Waals surface area contributed by atoms with Crippen molar-refractivity contribution in [2.75, 3.05) is 7.11 Å². The number of hydrogen-bond acceptors (Lipinski definition) is 5. The molecule has 2 amide bonds. The van der Waals surface area contributed by atoms with Crippen molar-refractivity contribution in [3.05, 3.63) is 35.9 Å². The van der Waals surface area contributed by atoms with E-state index in [9.17, 15) is 19.2 Å². The number of esters is 1. The van der Waals surface area contributed by atoms with E-state index in [-0.39, 0.29) is 31.0 Å². The average Bonchev–Trinajstić information content (AvgIpc) is 2.57. The van der Waals surface area contributed by atoms with Crippen LogP contribution in [0.3, 0.4) is 0 Å². The maximum Gasteiger partial charge on any atom is 0.328 e. The van der Waals surface area contributed by atoms with E-state index in [0.29, 0.717) is 0 Å². The van der Waals surface area contributed by atoms with E-state index >= 15 is 0 Å². The van der Waals surface area contributed by atoms with Crippen molar-refractivity contribution in [1.82, 2.24) is 10.6 Å². The van der Waals surface area contributed by atoms with E-state index in [0.717, 1.165) is 5.56 Å². The lowest BCUT2D eigenvalue weighted by Crippen LogP contribution is -2.52. The lowest BCUT2D eigenvalue weighted by Gasteiger charge is -2.21. The summed E-state index contributed by atoms with van der Waals surface area (Å²) in [4.78, 5) is 46.9. The van der Waals surface area contributed by atoms with Gasteiger partial charge in [-0.15, -0.1) is 0 Å². The molecule has 136 valence electrons. The summed E-state index contributed by atoms with van der Waals surface area (Å²) in [5.74, 6) is -1.57. The quantitative estimate of drug-likeness (QED) is 0.642. The highest BCUT2D eigenvalue weighted by Crippen LogP contribution is 2.06. The minimum Gasteiger partial charge on any atom is -0.467 e. The predicted molar refractivity (Wildman–Crippen MR) is 91.6 cm³/mol. The number of amides is 2. The minimum absolute atomic E-state index is 0.0918.